The SMILES string of the molecule is CCOP(=O)(OCC)/C(C)=C(\C=C\c1ccccc1)C(F)(F)F. The van der Waals surface area contributed by atoms with Gasteiger partial charge >= 0.3 is 13.8 Å². The van der Waals surface area contributed by atoms with Gasteiger partial charge in [-0.05, 0) is 32.4 Å². The molecule has 0 aliphatic rings. The van der Waals surface area contributed by atoms with Gasteiger partial charge in [0.05, 0.1) is 24.1 Å². The van der Waals surface area contributed by atoms with Crippen LogP contribution in [0.25, 0.3) is 6.08 Å². The number of rotatable bonds is 7. The fourth-order valence-corrected chi connectivity index (χ4v) is 3.52. The second-order valence-electron chi connectivity index (χ2n) is 4.57. The van der Waals surface area contributed by atoms with Crippen LogP contribution in [0.5, 0.6) is 0 Å². The Labute approximate surface area is 134 Å². The number of allylic oxidation sites excluding steroid dienone is 3. The highest BCUT2D eigenvalue weighted by atomic mass is 31.2. The molecular weight excluding hydrogens is 328 g/mol. The maximum atomic E-state index is 13.3. The van der Waals surface area contributed by atoms with Crippen molar-refractivity contribution < 1.29 is 26.8 Å². The minimum absolute atomic E-state index is 0.0118. The van der Waals surface area contributed by atoms with E-state index >= 15 is 0 Å². The molecule has 0 fully saturated rings. The molecule has 0 amide bonds. The molecule has 0 aromatic heterocycles. The summed E-state index contributed by atoms with van der Waals surface area (Å²) >= 11 is 0. The van der Waals surface area contributed by atoms with Crippen LogP contribution in [0.2, 0.25) is 0 Å². The fraction of sp³-hybridized carbons (Fsp3) is 0.375. The average molecular weight is 348 g/mol. The maximum absolute atomic E-state index is 13.3. The summed E-state index contributed by atoms with van der Waals surface area (Å²) in [7, 11) is -3.98. The molecule has 0 unspecified atom stereocenters. The Balaban J connectivity index is 3.33. The van der Waals surface area contributed by atoms with E-state index in [0.717, 1.165) is 13.0 Å². The molecule has 0 atom stereocenters. The Morgan fingerprint density at radius 1 is 1.13 bits per heavy atom. The van der Waals surface area contributed by atoms with Crippen molar-refractivity contribution in [2.24, 2.45) is 0 Å². The number of alkyl halides is 3. The first-order chi connectivity index (χ1) is 10.7. The smallest absolute Gasteiger partial charge is 0.306 e. The summed E-state index contributed by atoms with van der Waals surface area (Å²) in [5, 5.41) is -0.444. The van der Waals surface area contributed by atoms with Crippen LogP contribution >= 0.6 is 7.60 Å². The lowest BCUT2D eigenvalue weighted by Gasteiger charge is -2.21. The number of hydrogen-bond donors (Lipinski definition) is 0. The van der Waals surface area contributed by atoms with Gasteiger partial charge in [0, 0.05) is 0 Å². The third-order valence-corrected chi connectivity index (χ3v) is 5.20. The molecule has 1 rings (SSSR count). The number of benzene rings is 1. The van der Waals surface area contributed by atoms with E-state index < -0.39 is 24.7 Å². The van der Waals surface area contributed by atoms with E-state index in [0.29, 0.717) is 5.56 Å². The zero-order valence-corrected chi connectivity index (χ0v) is 14.2. The summed E-state index contributed by atoms with van der Waals surface area (Å²) in [5.74, 6) is 0. The van der Waals surface area contributed by atoms with Gasteiger partial charge in [0.25, 0.3) is 0 Å². The minimum Gasteiger partial charge on any atom is -0.306 e. The van der Waals surface area contributed by atoms with Gasteiger partial charge in [0.15, 0.2) is 0 Å². The Morgan fingerprint density at radius 3 is 2.09 bits per heavy atom. The molecule has 0 radical (unpaired) electrons. The van der Waals surface area contributed by atoms with Crippen molar-refractivity contribution >= 4 is 13.7 Å². The predicted octanol–water partition coefficient (Wildman–Crippen LogP) is 5.80. The summed E-state index contributed by atoms with van der Waals surface area (Å²) in [4.78, 5) is 0. The summed E-state index contributed by atoms with van der Waals surface area (Å²) in [6.45, 7) is 4.20. The molecule has 1 aromatic rings. The van der Waals surface area contributed by atoms with Crippen LogP contribution in [-0.2, 0) is 13.6 Å². The van der Waals surface area contributed by atoms with Crippen molar-refractivity contribution in [3.05, 3.63) is 52.9 Å². The topological polar surface area (TPSA) is 35.5 Å². The molecule has 0 heterocycles. The van der Waals surface area contributed by atoms with Gasteiger partial charge in [-0.25, -0.2) is 0 Å². The lowest BCUT2D eigenvalue weighted by atomic mass is 10.1. The van der Waals surface area contributed by atoms with E-state index in [1.807, 2.05) is 0 Å². The molecular formula is C16H20F3O3P. The lowest BCUT2D eigenvalue weighted by molar-refractivity contribution is -0.0887. The second-order valence-corrected chi connectivity index (χ2v) is 6.76. The van der Waals surface area contributed by atoms with Crippen molar-refractivity contribution in [2.75, 3.05) is 13.2 Å². The van der Waals surface area contributed by atoms with Crippen molar-refractivity contribution in [3.63, 3.8) is 0 Å². The average Bonchev–Trinajstić information content (AvgIpc) is 2.47. The zero-order chi connectivity index (χ0) is 17.5. The predicted molar refractivity (Wildman–Crippen MR) is 85.1 cm³/mol. The summed E-state index contributed by atoms with van der Waals surface area (Å²) < 4.78 is 62.6. The number of hydrogen-bond acceptors (Lipinski definition) is 3. The molecule has 23 heavy (non-hydrogen) atoms. The van der Waals surface area contributed by atoms with E-state index in [9.17, 15) is 17.7 Å². The summed E-state index contributed by atoms with van der Waals surface area (Å²) in [6, 6.07) is 8.54. The van der Waals surface area contributed by atoms with Gasteiger partial charge in [-0.2, -0.15) is 13.2 Å². The van der Waals surface area contributed by atoms with Crippen molar-refractivity contribution in [2.45, 2.75) is 26.9 Å². The molecule has 3 nitrogen and oxygen atoms in total. The van der Waals surface area contributed by atoms with Gasteiger partial charge in [-0.1, -0.05) is 36.4 Å². The molecule has 1 aromatic carbocycles. The Morgan fingerprint density at radius 2 is 1.65 bits per heavy atom. The molecule has 7 heteroatoms. The third-order valence-electron chi connectivity index (χ3n) is 2.95. The molecule has 0 saturated carbocycles. The lowest BCUT2D eigenvalue weighted by Crippen LogP contribution is -2.13. The Bertz CT molecular complexity index is 597. The molecule has 128 valence electrons. The van der Waals surface area contributed by atoms with E-state index in [2.05, 4.69) is 0 Å². The van der Waals surface area contributed by atoms with Gasteiger partial charge in [-0.15, -0.1) is 0 Å². The molecule has 0 aliphatic heterocycles. The van der Waals surface area contributed by atoms with Crippen LogP contribution in [-0.4, -0.2) is 19.4 Å². The normalized spacial score (nSPS) is 14.2. The first kappa shape index (κ1) is 19.7. The molecule has 0 spiro atoms. The first-order valence-corrected chi connectivity index (χ1v) is 8.69. The van der Waals surface area contributed by atoms with E-state index in [-0.39, 0.29) is 13.2 Å². The van der Waals surface area contributed by atoms with E-state index in [1.165, 1.54) is 6.08 Å². The van der Waals surface area contributed by atoms with Gasteiger partial charge in [-0.3, -0.25) is 4.57 Å². The van der Waals surface area contributed by atoms with Gasteiger partial charge < -0.3 is 9.05 Å². The standard InChI is InChI=1S/C16H20F3O3P/c1-4-21-23(20,22-5-2)13(3)15(16(17,18)19)12-11-14-9-7-6-8-10-14/h6-12H,4-5H2,1-3H3/b12-11+,15-13+. The molecule has 0 aliphatic carbocycles. The van der Waals surface area contributed by atoms with Crippen LogP contribution in [0.1, 0.15) is 26.3 Å². The van der Waals surface area contributed by atoms with E-state index in [1.54, 1.807) is 44.2 Å². The molecule has 0 N–H and O–H groups in total. The van der Waals surface area contributed by atoms with Crippen LogP contribution in [0.15, 0.2) is 47.3 Å². The van der Waals surface area contributed by atoms with Crippen molar-refractivity contribution in [1.82, 2.24) is 0 Å². The maximum Gasteiger partial charge on any atom is 0.416 e. The first-order valence-electron chi connectivity index (χ1n) is 7.15. The Hall–Kier alpha value is -1.36. The van der Waals surface area contributed by atoms with Crippen LogP contribution < -0.4 is 0 Å². The monoisotopic (exact) mass is 348 g/mol. The minimum atomic E-state index is -4.67. The van der Waals surface area contributed by atoms with Crippen LogP contribution in [0.4, 0.5) is 13.2 Å². The summed E-state index contributed by atoms with van der Waals surface area (Å²) in [5.41, 5.74) is -0.420. The van der Waals surface area contributed by atoms with E-state index in [4.69, 9.17) is 9.05 Å². The van der Waals surface area contributed by atoms with Gasteiger partial charge in [0.2, 0.25) is 0 Å². The van der Waals surface area contributed by atoms with Crippen LogP contribution in [0, 0.1) is 0 Å². The quantitative estimate of drug-likeness (QED) is 0.461. The number of halogens is 3. The largest absolute Gasteiger partial charge is 0.416 e. The zero-order valence-electron chi connectivity index (χ0n) is 13.3. The third kappa shape index (κ3) is 5.65. The highest BCUT2D eigenvalue weighted by molar-refractivity contribution is 7.58. The highest BCUT2D eigenvalue weighted by Crippen LogP contribution is 2.58. The van der Waals surface area contributed by atoms with Crippen LogP contribution in [0.3, 0.4) is 0 Å². The molecule has 0 bridgehead atoms. The fourth-order valence-electron chi connectivity index (χ4n) is 1.88. The highest BCUT2D eigenvalue weighted by Gasteiger charge is 2.40. The van der Waals surface area contributed by atoms with Crippen molar-refractivity contribution in [1.29, 1.82) is 0 Å². The van der Waals surface area contributed by atoms with Crippen molar-refractivity contribution in [3.8, 4) is 0 Å². The second kappa shape index (κ2) is 8.48. The van der Waals surface area contributed by atoms with Gasteiger partial charge in [0.1, 0.15) is 0 Å². The molecule has 0 saturated heterocycles. The summed E-state index contributed by atoms with van der Waals surface area (Å²) in [6.07, 6.45) is -2.46. The Kier molecular flexibility index (Phi) is 7.26.